The molecule has 3 aromatic rings. The molecule has 0 bridgehead atoms. The summed E-state index contributed by atoms with van der Waals surface area (Å²) in [7, 11) is 0. The van der Waals surface area contributed by atoms with E-state index in [1.807, 2.05) is 31.2 Å². The molecule has 39 heavy (non-hydrogen) atoms. The van der Waals surface area contributed by atoms with Crippen LogP contribution in [0.5, 0.6) is 0 Å². The number of nitrogens with one attached hydrogen (secondary N) is 3. The number of aromatic nitrogens is 1. The molecule has 1 saturated heterocycles. The number of rotatable bonds is 5. The highest BCUT2D eigenvalue weighted by Gasteiger charge is 2.51. The van der Waals surface area contributed by atoms with Crippen LogP contribution in [0.15, 0.2) is 54.7 Å². The predicted molar refractivity (Wildman–Crippen MR) is 140 cm³/mol. The van der Waals surface area contributed by atoms with Gasteiger partial charge in [-0.25, -0.2) is 13.8 Å². The Morgan fingerprint density at radius 3 is 2.64 bits per heavy atom. The molecule has 200 valence electrons. The number of pyridine rings is 1. The second kappa shape index (κ2) is 9.53. The van der Waals surface area contributed by atoms with Crippen LogP contribution in [0.3, 0.4) is 0 Å². The number of carbonyl (C=O) groups excluding carboxylic acids is 3. The maximum Gasteiger partial charge on any atom is 0.244 e. The van der Waals surface area contributed by atoms with Crippen molar-refractivity contribution in [3.05, 3.63) is 88.6 Å². The lowest BCUT2D eigenvalue weighted by molar-refractivity contribution is -0.142. The van der Waals surface area contributed by atoms with Crippen molar-refractivity contribution in [2.24, 2.45) is 0 Å². The molecule has 1 fully saturated rings. The molecular formula is C29H27F2N5O3. The van der Waals surface area contributed by atoms with Crippen LogP contribution in [0.1, 0.15) is 41.6 Å². The number of hydrogen-bond acceptors (Lipinski definition) is 5. The summed E-state index contributed by atoms with van der Waals surface area (Å²) in [6.07, 6.45) is 3.19. The van der Waals surface area contributed by atoms with Gasteiger partial charge in [0.05, 0.1) is 17.5 Å². The summed E-state index contributed by atoms with van der Waals surface area (Å²) in [5.74, 6) is -1.72. The van der Waals surface area contributed by atoms with E-state index >= 15 is 0 Å². The SMILES string of the molecule is CCC1NCC(c2cc(F)cc(F)c2)N(CC(=O)Nc2ccc3c(c2)CC2(C3)C(=O)Nc3ncccc32)C1=O. The maximum atomic E-state index is 14.0. The summed E-state index contributed by atoms with van der Waals surface area (Å²) in [6, 6.07) is 11.2. The Hall–Kier alpha value is -4.18. The lowest BCUT2D eigenvalue weighted by Gasteiger charge is -2.39. The number of piperazine rings is 1. The fraction of sp³-hybridized carbons (Fsp3) is 0.310. The Morgan fingerprint density at radius 2 is 1.87 bits per heavy atom. The molecule has 3 unspecified atom stereocenters. The lowest BCUT2D eigenvalue weighted by atomic mass is 9.79. The van der Waals surface area contributed by atoms with E-state index in [1.54, 1.807) is 12.3 Å². The summed E-state index contributed by atoms with van der Waals surface area (Å²) in [6.45, 7) is 1.84. The van der Waals surface area contributed by atoms with Crippen LogP contribution >= 0.6 is 0 Å². The number of halogens is 2. The van der Waals surface area contributed by atoms with Gasteiger partial charge in [-0.1, -0.05) is 19.1 Å². The van der Waals surface area contributed by atoms with Gasteiger partial charge < -0.3 is 20.9 Å². The van der Waals surface area contributed by atoms with Gasteiger partial charge in [-0.3, -0.25) is 14.4 Å². The molecule has 0 saturated carbocycles. The predicted octanol–water partition coefficient (Wildman–Crippen LogP) is 3.24. The van der Waals surface area contributed by atoms with Gasteiger partial charge in [-0.05, 0) is 66.3 Å². The molecule has 1 aliphatic carbocycles. The third-order valence-electron chi connectivity index (χ3n) is 7.97. The van der Waals surface area contributed by atoms with Crippen LogP contribution in [-0.4, -0.2) is 46.7 Å². The van der Waals surface area contributed by atoms with Gasteiger partial charge in [0.2, 0.25) is 17.7 Å². The molecule has 2 aromatic carbocycles. The van der Waals surface area contributed by atoms with E-state index in [9.17, 15) is 23.2 Å². The minimum absolute atomic E-state index is 0.0829. The first-order chi connectivity index (χ1) is 18.8. The molecule has 1 spiro atoms. The molecule has 3 heterocycles. The normalized spacial score (nSPS) is 23.5. The molecule has 0 radical (unpaired) electrons. The van der Waals surface area contributed by atoms with Gasteiger partial charge in [-0.15, -0.1) is 0 Å². The number of fused-ring (bicyclic) bond motifs is 3. The molecule has 3 N–H and O–H groups in total. The summed E-state index contributed by atoms with van der Waals surface area (Å²) < 4.78 is 27.9. The van der Waals surface area contributed by atoms with Crippen molar-refractivity contribution >= 4 is 29.2 Å². The van der Waals surface area contributed by atoms with E-state index in [0.717, 1.165) is 22.8 Å². The molecule has 3 aliphatic rings. The zero-order chi connectivity index (χ0) is 27.3. The van der Waals surface area contributed by atoms with Crippen molar-refractivity contribution in [1.29, 1.82) is 0 Å². The number of carbonyl (C=O) groups is 3. The van der Waals surface area contributed by atoms with E-state index in [-0.39, 0.29) is 30.5 Å². The van der Waals surface area contributed by atoms with Crippen LogP contribution in [0.25, 0.3) is 0 Å². The minimum Gasteiger partial charge on any atom is -0.325 e. The fourth-order valence-electron chi connectivity index (χ4n) is 6.08. The smallest absolute Gasteiger partial charge is 0.244 e. The van der Waals surface area contributed by atoms with Crippen LogP contribution < -0.4 is 16.0 Å². The first-order valence-corrected chi connectivity index (χ1v) is 13.0. The van der Waals surface area contributed by atoms with E-state index in [1.165, 1.54) is 17.0 Å². The number of benzene rings is 2. The molecule has 8 nitrogen and oxygen atoms in total. The van der Waals surface area contributed by atoms with E-state index in [0.29, 0.717) is 30.8 Å². The first kappa shape index (κ1) is 25.1. The summed E-state index contributed by atoms with van der Waals surface area (Å²) in [4.78, 5) is 45.0. The Morgan fingerprint density at radius 1 is 1.10 bits per heavy atom. The first-order valence-electron chi connectivity index (χ1n) is 13.0. The van der Waals surface area contributed by atoms with Gasteiger partial charge in [-0.2, -0.15) is 0 Å². The topological polar surface area (TPSA) is 103 Å². The van der Waals surface area contributed by atoms with E-state index < -0.39 is 35.0 Å². The minimum atomic E-state index is -0.746. The van der Waals surface area contributed by atoms with Gasteiger partial charge in [0, 0.05) is 30.1 Å². The molecule has 10 heteroatoms. The van der Waals surface area contributed by atoms with Gasteiger partial charge in [0.1, 0.15) is 24.0 Å². The standard InChI is InChI=1S/C29H27F2N5O3/c1-2-23-27(38)36(24(14-33-23)17-8-19(30)11-20(31)9-17)15-25(37)34-21-6-5-16-12-29(13-18(16)10-21)22-4-3-7-32-26(22)35-28(29)39/h3-11,23-24,33H,2,12-15H2,1H3,(H,34,37)(H,32,35,39). The second-order valence-corrected chi connectivity index (χ2v) is 10.4. The average Bonchev–Trinajstić information content (AvgIpc) is 3.41. The zero-order valence-electron chi connectivity index (χ0n) is 21.3. The van der Waals surface area contributed by atoms with Crippen LogP contribution in [-0.2, 0) is 32.6 Å². The summed E-state index contributed by atoms with van der Waals surface area (Å²) in [5.41, 5.74) is 2.96. The highest BCUT2D eigenvalue weighted by Crippen LogP contribution is 2.47. The Labute approximate surface area is 223 Å². The van der Waals surface area contributed by atoms with Crippen LogP contribution in [0.2, 0.25) is 0 Å². The van der Waals surface area contributed by atoms with Gasteiger partial charge in [0.25, 0.3) is 0 Å². The molecule has 3 amide bonds. The summed E-state index contributed by atoms with van der Waals surface area (Å²) >= 11 is 0. The Bertz CT molecular complexity index is 1490. The van der Waals surface area contributed by atoms with Crippen molar-refractivity contribution < 1.29 is 23.2 Å². The monoisotopic (exact) mass is 531 g/mol. The number of amides is 3. The van der Waals surface area contributed by atoms with Crippen molar-refractivity contribution in [1.82, 2.24) is 15.2 Å². The molecule has 2 aliphatic heterocycles. The van der Waals surface area contributed by atoms with Gasteiger partial charge >= 0.3 is 0 Å². The maximum absolute atomic E-state index is 14.0. The van der Waals surface area contributed by atoms with Crippen molar-refractivity contribution in [2.45, 2.75) is 43.7 Å². The average molecular weight is 532 g/mol. The number of anilines is 2. The van der Waals surface area contributed by atoms with Gasteiger partial charge in [0.15, 0.2) is 0 Å². The fourth-order valence-corrected chi connectivity index (χ4v) is 6.08. The highest BCUT2D eigenvalue weighted by atomic mass is 19.1. The van der Waals surface area contributed by atoms with Crippen LogP contribution in [0, 0.1) is 11.6 Å². The van der Waals surface area contributed by atoms with E-state index in [2.05, 4.69) is 20.9 Å². The largest absolute Gasteiger partial charge is 0.325 e. The van der Waals surface area contributed by atoms with Crippen molar-refractivity contribution in [3.63, 3.8) is 0 Å². The van der Waals surface area contributed by atoms with Crippen LogP contribution in [0.4, 0.5) is 20.3 Å². The third-order valence-corrected chi connectivity index (χ3v) is 7.97. The zero-order valence-corrected chi connectivity index (χ0v) is 21.3. The lowest BCUT2D eigenvalue weighted by Crippen LogP contribution is -2.57. The Balaban J connectivity index is 1.21. The Kier molecular flexibility index (Phi) is 6.14. The molecule has 3 atom stereocenters. The number of hydrogen-bond donors (Lipinski definition) is 3. The molecular weight excluding hydrogens is 504 g/mol. The number of nitrogens with zero attached hydrogens (tertiary/aromatic N) is 2. The summed E-state index contributed by atoms with van der Waals surface area (Å²) in [5, 5.41) is 8.86. The van der Waals surface area contributed by atoms with Crippen molar-refractivity contribution in [2.75, 3.05) is 23.7 Å². The third kappa shape index (κ3) is 4.34. The molecule has 6 rings (SSSR count). The molecule has 1 aromatic heterocycles. The highest BCUT2D eigenvalue weighted by molar-refractivity contribution is 6.06. The van der Waals surface area contributed by atoms with E-state index in [4.69, 9.17) is 0 Å². The quantitative estimate of drug-likeness (QED) is 0.469. The second-order valence-electron chi connectivity index (χ2n) is 10.4. The van der Waals surface area contributed by atoms with Crippen molar-refractivity contribution in [3.8, 4) is 0 Å².